The molecule has 1 unspecified atom stereocenters. The van der Waals surface area contributed by atoms with Crippen molar-refractivity contribution in [2.75, 3.05) is 0 Å². The van der Waals surface area contributed by atoms with Gasteiger partial charge in [0, 0.05) is 23.4 Å². The molecule has 24 heavy (non-hydrogen) atoms. The fourth-order valence-corrected chi connectivity index (χ4v) is 4.12. The van der Waals surface area contributed by atoms with Crippen molar-refractivity contribution < 1.29 is 19.5 Å². The number of rotatable bonds is 8. The van der Waals surface area contributed by atoms with Gasteiger partial charge in [-0.05, 0) is 31.7 Å². The van der Waals surface area contributed by atoms with Gasteiger partial charge < -0.3 is 10.4 Å². The summed E-state index contributed by atoms with van der Waals surface area (Å²) in [7, 11) is 0. The molecule has 1 aromatic heterocycles. The van der Waals surface area contributed by atoms with E-state index in [4.69, 9.17) is 5.11 Å². The van der Waals surface area contributed by atoms with Crippen molar-refractivity contribution in [3.05, 3.63) is 21.9 Å². The molecule has 0 bridgehead atoms. The van der Waals surface area contributed by atoms with Crippen LogP contribution in [0, 0.1) is 5.92 Å². The number of hydrogen-bond donors (Lipinski definition) is 2. The van der Waals surface area contributed by atoms with Gasteiger partial charge in [-0.25, -0.2) is 0 Å². The molecule has 0 saturated heterocycles. The highest BCUT2D eigenvalue weighted by Gasteiger charge is 2.22. The second-order valence-electron chi connectivity index (χ2n) is 6.60. The third-order valence-corrected chi connectivity index (χ3v) is 5.54. The van der Waals surface area contributed by atoms with Crippen molar-refractivity contribution in [2.24, 2.45) is 5.92 Å². The van der Waals surface area contributed by atoms with Crippen molar-refractivity contribution in [1.29, 1.82) is 0 Å². The van der Waals surface area contributed by atoms with E-state index < -0.39 is 5.97 Å². The molecule has 0 spiro atoms. The van der Waals surface area contributed by atoms with Gasteiger partial charge in [0.05, 0.1) is 4.88 Å². The average molecular weight is 351 g/mol. The molecule has 0 radical (unpaired) electrons. The van der Waals surface area contributed by atoms with Gasteiger partial charge in [-0.3, -0.25) is 14.4 Å². The SMILES string of the molecule is CC(=O)c1csc(C(=O)NC(CCC(=O)O)CC2CCCCC2)c1. The normalized spacial score (nSPS) is 16.5. The summed E-state index contributed by atoms with van der Waals surface area (Å²) in [5, 5.41) is 13.6. The lowest BCUT2D eigenvalue weighted by Crippen LogP contribution is -2.36. The monoisotopic (exact) mass is 351 g/mol. The van der Waals surface area contributed by atoms with Crippen molar-refractivity contribution in [3.8, 4) is 0 Å². The molecule has 1 amide bonds. The van der Waals surface area contributed by atoms with E-state index in [0.29, 0.717) is 22.8 Å². The minimum Gasteiger partial charge on any atom is -0.481 e. The van der Waals surface area contributed by atoms with Gasteiger partial charge in [0.2, 0.25) is 0 Å². The molecule has 5 nitrogen and oxygen atoms in total. The second kappa shape index (κ2) is 8.97. The third kappa shape index (κ3) is 5.74. The molecule has 132 valence electrons. The number of carboxylic acid groups (broad SMARTS) is 1. The van der Waals surface area contributed by atoms with Crippen molar-refractivity contribution in [1.82, 2.24) is 5.32 Å². The van der Waals surface area contributed by atoms with Crippen LogP contribution in [-0.2, 0) is 4.79 Å². The Balaban J connectivity index is 1.97. The Hall–Kier alpha value is -1.69. The highest BCUT2D eigenvalue weighted by atomic mass is 32.1. The van der Waals surface area contributed by atoms with Crippen molar-refractivity contribution in [2.45, 2.75) is 64.3 Å². The molecule has 0 aliphatic heterocycles. The zero-order valence-electron chi connectivity index (χ0n) is 14.0. The van der Waals surface area contributed by atoms with Crippen LogP contribution in [-0.4, -0.2) is 28.8 Å². The maximum atomic E-state index is 12.4. The number of carboxylic acids is 1. The topological polar surface area (TPSA) is 83.5 Å². The highest BCUT2D eigenvalue weighted by molar-refractivity contribution is 7.12. The largest absolute Gasteiger partial charge is 0.481 e. The lowest BCUT2D eigenvalue weighted by molar-refractivity contribution is -0.137. The molecule has 2 N–H and O–H groups in total. The Morgan fingerprint density at radius 1 is 1.29 bits per heavy atom. The summed E-state index contributed by atoms with van der Waals surface area (Å²) in [4.78, 5) is 35.2. The van der Waals surface area contributed by atoms with Gasteiger partial charge in [0.25, 0.3) is 5.91 Å². The number of ketones is 1. The summed E-state index contributed by atoms with van der Waals surface area (Å²) in [6, 6.07) is 1.48. The van der Waals surface area contributed by atoms with Crippen LogP contribution in [0.5, 0.6) is 0 Å². The lowest BCUT2D eigenvalue weighted by atomic mass is 9.84. The van der Waals surface area contributed by atoms with Crippen LogP contribution in [0.4, 0.5) is 0 Å². The summed E-state index contributed by atoms with van der Waals surface area (Å²) in [5.74, 6) is -0.546. The van der Waals surface area contributed by atoms with Crippen LogP contribution in [0.25, 0.3) is 0 Å². The number of carbonyl (C=O) groups excluding carboxylic acids is 2. The van der Waals surface area contributed by atoms with E-state index in [1.807, 2.05) is 0 Å². The zero-order chi connectivity index (χ0) is 17.5. The van der Waals surface area contributed by atoms with E-state index in [1.54, 1.807) is 11.4 Å². The summed E-state index contributed by atoms with van der Waals surface area (Å²) in [6.45, 7) is 1.47. The number of nitrogens with one attached hydrogen (secondary N) is 1. The molecule has 6 heteroatoms. The van der Waals surface area contributed by atoms with Gasteiger partial charge in [0.15, 0.2) is 5.78 Å². The van der Waals surface area contributed by atoms with Gasteiger partial charge >= 0.3 is 5.97 Å². The smallest absolute Gasteiger partial charge is 0.303 e. The molecule has 1 saturated carbocycles. The molecular weight excluding hydrogens is 326 g/mol. The quantitative estimate of drug-likeness (QED) is 0.696. The molecule has 2 rings (SSSR count). The van der Waals surface area contributed by atoms with Crippen molar-refractivity contribution >= 4 is 29.0 Å². The molecule has 0 aromatic carbocycles. The first-order chi connectivity index (χ1) is 11.5. The van der Waals surface area contributed by atoms with Gasteiger partial charge in [-0.2, -0.15) is 0 Å². The van der Waals surface area contributed by atoms with Crippen LogP contribution in [0.2, 0.25) is 0 Å². The Morgan fingerprint density at radius 3 is 2.58 bits per heavy atom. The molecule has 1 aliphatic carbocycles. The maximum absolute atomic E-state index is 12.4. The molecule has 1 atom stereocenters. The van der Waals surface area contributed by atoms with Crippen LogP contribution >= 0.6 is 11.3 Å². The molecule has 1 aliphatic rings. The number of carbonyl (C=O) groups is 3. The standard InChI is InChI=1S/C18H25NO4S/c1-12(20)14-10-16(24-11-14)18(23)19-15(7-8-17(21)22)9-13-5-3-2-4-6-13/h10-11,13,15H,2-9H2,1H3,(H,19,23)(H,21,22). The molecule has 1 aromatic rings. The number of hydrogen-bond acceptors (Lipinski definition) is 4. The van der Waals surface area contributed by atoms with Crippen LogP contribution in [0.15, 0.2) is 11.4 Å². The first-order valence-electron chi connectivity index (χ1n) is 8.58. The summed E-state index contributed by atoms with van der Waals surface area (Å²) < 4.78 is 0. The Morgan fingerprint density at radius 2 is 2.00 bits per heavy atom. The van der Waals surface area contributed by atoms with Gasteiger partial charge in [0.1, 0.15) is 0 Å². The van der Waals surface area contributed by atoms with Crippen LogP contribution in [0.3, 0.4) is 0 Å². The van der Waals surface area contributed by atoms with E-state index >= 15 is 0 Å². The lowest BCUT2D eigenvalue weighted by Gasteiger charge is -2.27. The van der Waals surface area contributed by atoms with Gasteiger partial charge in [-0.1, -0.05) is 32.1 Å². The number of aliphatic carboxylic acids is 1. The van der Waals surface area contributed by atoms with Gasteiger partial charge in [-0.15, -0.1) is 11.3 Å². The zero-order valence-corrected chi connectivity index (χ0v) is 14.9. The van der Waals surface area contributed by atoms with Crippen molar-refractivity contribution in [3.63, 3.8) is 0 Å². The number of thiophene rings is 1. The summed E-state index contributed by atoms with van der Waals surface area (Å²) in [6.07, 6.45) is 7.37. The summed E-state index contributed by atoms with van der Waals surface area (Å²) in [5.41, 5.74) is 0.541. The molecule has 1 fully saturated rings. The highest BCUT2D eigenvalue weighted by Crippen LogP contribution is 2.28. The first-order valence-corrected chi connectivity index (χ1v) is 9.45. The Labute approximate surface area is 146 Å². The fraction of sp³-hybridized carbons (Fsp3) is 0.611. The van der Waals surface area contributed by atoms with E-state index in [0.717, 1.165) is 19.3 Å². The molecular formula is C18H25NO4S. The maximum Gasteiger partial charge on any atom is 0.303 e. The first kappa shape index (κ1) is 18.6. The second-order valence-corrected chi connectivity index (χ2v) is 7.51. The van der Waals surface area contributed by atoms with Crippen LogP contribution in [0.1, 0.15) is 78.3 Å². The van der Waals surface area contributed by atoms with E-state index in [9.17, 15) is 14.4 Å². The Kier molecular flexibility index (Phi) is 6.97. The minimum atomic E-state index is -0.840. The summed E-state index contributed by atoms with van der Waals surface area (Å²) >= 11 is 1.25. The third-order valence-electron chi connectivity index (χ3n) is 4.61. The molecule has 1 heterocycles. The number of Topliss-reactive ketones (excluding diaryl/α,β-unsaturated/α-hetero) is 1. The van der Waals surface area contributed by atoms with E-state index in [2.05, 4.69) is 5.32 Å². The van der Waals surface area contributed by atoms with E-state index in [1.165, 1.54) is 37.5 Å². The number of amides is 1. The van der Waals surface area contributed by atoms with Crippen LogP contribution < -0.4 is 5.32 Å². The average Bonchev–Trinajstić information content (AvgIpc) is 3.04. The van der Waals surface area contributed by atoms with E-state index in [-0.39, 0.29) is 24.2 Å². The Bertz CT molecular complexity index is 590. The predicted molar refractivity (Wildman–Crippen MR) is 93.6 cm³/mol. The predicted octanol–water partition coefficient (Wildman–Crippen LogP) is 3.88. The minimum absolute atomic E-state index is 0.0564. The fourth-order valence-electron chi connectivity index (χ4n) is 3.27.